The minimum atomic E-state index is -4.28. The maximum atomic E-state index is 14.3. The van der Waals surface area contributed by atoms with Crippen LogP contribution in [0.5, 0.6) is 0 Å². The predicted octanol–water partition coefficient (Wildman–Crippen LogP) is 2.60. The zero-order valence-corrected chi connectivity index (χ0v) is 19.6. The molecule has 10 nitrogen and oxygen atoms in total. The number of thiophene rings is 1. The van der Waals surface area contributed by atoms with Crippen LogP contribution in [0.25, 0.3) is 27.7 Å². The fourth-order valence-corrected chi connectivity index (χ4v) is 6.02. The van der Waals surface area contributed by atoms with Gasteiger partial charge in [0.2, 0.25) is 0 Å². The summed E-state index contributed by atoms with van der Waals surface area (Å²) in [6.45, 7) is 0. The number of amides is 2. The van der Waals surface area contributed by atoms with E-state index in [0.717, 1.165) is 10.6 Å². The van der Waals surface area contributed by atoms with Gasteiger partial charge in [-0.25, -0.2) is 31.7 Å². The van der Waals surface area contributed by atoms with Gasteiger partial charge in [0.25, 0.3) is 15.6 Å². The molecule has 0 spiro atoms. The largest absolute Gasteiger partial charge is 0.386 e. The number of nitrogens with one attached hydrogen (secondary N) is 3. The molecule has 0 radical (unpaired) electrons. The van der Waals surface area contributed by atoms with Gasteiger partial charge in [-0.1, -0.05) is 29.8 Å². The number of anilines is 1. The number of halogens is 2. The second-order valence-electron chi connectivity index (χ2n) is 6.94. The molecule has 2 amide bonds. The van der Waals surface area contributed by atoms with Crippen molar-refractivity contribution in [3.05, 3.63) is 73.5 Å². The third kappa shape index (κ3) is 4.04. The van der Waals surface area contributed by atoms with Crippen LogP contribution in [0, 0.1) is 5.82 Å². The smallest absolute Gasteiger partial charge is 0.333 e. The van der Waals surface area contributed by atoms with Crippen LogP contribution < -0.4 is 27.0 Å². The Morgan fingerprint density at radius 2 is 1.88 bits per heavy atom. The van der Waals surface area contributed by atoms with Gasteiger partial charge in [-0.2, -0.15) is 0 Å². The zero-order chi connectivity index (χ0) is 24.8. The summed E-state index contributed by atoms with van der Waals surface area (Å²) in [5.74, 6) is -0.684. The number of H-pyrrole nitrogens is 1. The van der Waals surface area contributed by atoms with E-state index in [9.17, 15) is 27.2 Å². The quantitative estimate of drug-likeness (QED) is 0.315. The number of aromatic amines is 1. The number of hydrogen-bond acceptors (Lipinski definition) is 7. The fraction of sp³-hybridized carbons (Fsp3) is 0.0500. The van der Waals surface area contributed by atoms with Crippen molar-refractivity contribution in [2.24, 2.45) is 5.73 Å². The highest BCUT2D eigenvalue weighted by molar-refractivity contribution is 7.92. The minimum Gasteiger partial charge on any atom is -0.386 e. The highest BCUT2D eigenvalue weighted by Crippen LogP contribution is 2.39. The molecule has 0 saturated heterocycles. The fourth-order valence-electron chi connectivity index (χ4n) is 3.39. The molecule has 176 valence electrons. The van der Waals surface area contributed by atoms with Crippen molar-refractivity contribution in [2.45, 2.75) is 4.21 Å². The van der Waals surface area contributed by atoms with Crippen LogP contribution in [-0.4, -0.2) is 31.0 Å². The molecule has 0 unspecified atom stereocenters. The highest BCUT2D eigenvalue weighted by Gasteiger charge is 2.24. The Balaban J connectivity index is 1.96. The number of primary amides is 1. The first kappa shape index (κ1) is 23.5. The zero-order valence-electron chi connectivity index (χ0n) is 17.2. The van der Waals surface area contributed by atoms with Gasteiger partial charge in [0.05, 0.1) is 22.3 Å². The predicted molar refractivity (Wildman–Crippen MR) is 128 cm³/mol. The van der Waals surface area contributed by atoms with Crippen molar-refractivity contribution in [1.29, 1.82) is 0 Å². The average molecular weight is 524 g/mol. The summed E-state index contributed by atoms with van der Waals surface area (Å²) in [5, 5.41) is 2.56. The Hall–Kier alpha value is -3.68. The lowest BCUT2D eigenvalue weighted by Gasteiger charge is -2.12. The maximum Gasteiger partial charge on any atom is 0.333 e. The molecule has 0 atom stereocenters. The second-order valence-corrected chi connectivity index (χ2v) is 10.5. The van der Waals surface area contributed by atoms with Crippen molar-refractivity contribution >= 4 is 55.6 Å². The number of carbonyl (C=O) groups excluding carboxylic acids is 1. The maximum absolute atomic E-state index is 14.3. The van der Waals surface area contributed by atoms with Crippen LogP contribution >= 0.6 is 22.9 Å². The van der Waals surface area contributed by atoms with Crippen LogP contribution in [-0.2, 0) is 10.0 Å². The molecule has 34 heavy (non-hydrogen) atoms. The number of nitrogens with two attached hydrogens (primary N) is 1. The average Bonchev–Trinajstić information content (AvgIpc) is 3.16. The molecule has 2 heterocycles. The number of aromatic nitrogens is 2. The van der Waals surface area contributed by atoms with E-state index >= 15 is 0 Å². The molecule has 0 aliphatic carbocycles. The van der Waals surface area contributed by atoms with Gasteiger partial charge in [0.1, 0.15) is 14.4 Å². The monoisotopic (exact) mass is 523 g/mol. The summed E-state index contributed by atoms with van der Waals surface area (Å²) >= 11 is 6.95. The van der Waals surface area contributed by atoms with Crippen molar-refractivity contribution < 1.29 is 17.6 Å². The lowest BCUT2D eigenvalue weighted by atomic mass is 10.1. The molecular formula is C20H15ClFN5O5S2. The first-order valence-electron chi connectivity index (χ1n) is 9.41. The molecule has 5 N–H and O–H groups in total. The second kappa shape index (κ2) is 8.59. The van der Waals surface area contributed by atoms with Crippen LogP contribution in [0.1, 0.15) is 0 Å². The third-order valence-electron chi connectivity index (χ3n) is 4.85. The van der Waals surface area contributed by atoms with E-state index in [0.29, 0.717) is 11.3 Å². The van der Waals surface area contributed by atoms with E-state index < -0.39 is 33.1 Å². The Morgan fingerprint density at radius 3 is 2.56 bits per heavy atom. The van der Waals surface area contributed by atoms with E-state index in [1.54, 1.807) is 16.9 Å². The van der Waals surface area contributed by atoms with E-state index in [2.05, 4.69) is 10.3 Å². The number of carbonyl (C=O) groups is 1. The van der Waals surface area contributed by atoms with E-state index in [1.807, 2.05) is 0 Å². The molecule has 0 saturated carbocycles. The van der Waals surface area contributed by atoms with Gasteiger partial charge < -0.3 is 16.0 Å². The lowest BCUT2D eigenvalue weighted by molar-refractivity contribution is 0.253. The number of para-hydroxylation sites is 1. The normalized spacial score (nSPS) is 11.5. The number of rotatable bonds is 5. The molecule has 0 fully saturated rings. The number of urea groups is 1. The van der Waals surface area contributed by atoms with Crippen molar-refractivity contribution in [3.63, 3.8) is 0 Å². The number of benzene rings is 2. The third-order valence-corrected chi connectivity index (χ3v) is 8.03. The van der Waals surface area contributed by atoms with Crippen LogP contribution in [0.2, 0.25) is 4.34 Å². The first-order valence-corrected chi connectivity index (χ1v) is 12.1. The summed E-state index contributed by atoms with van der Waals surface area (Å²) in [6.07, 6.45) is 0. The summed E-state index contributed by atoms with van der Waals surface area (Å²) in [7, 11) is -2.78. The number of sulfonamides is 1. The van der Waals surface area contributed by atoms with Crippen molar-refractivity contribution in [1.82, 2.24) is 14.3 Å². The van der Waals surface area contributed by atoms with Crippen LogP contribution in [0.4, 0.5) is 14.9 Å². The number of nitrogens with zero attached hydrogens (tertiary/aromatic N) is 1. The molecule has 0 bridgehead atoms. The van der Waals surface area contributed by atoms with Gasteiger partial charge in [-0.3, -0.25) is 4.79 Å². The van der Waals surface area contributed by atoms with Gasteiger partial charge in [0.15, 0.2) is 0 Å². The van der Waals surface area contributed by atoms with Gasteiger partial charge in [-0.05, 0) is 24.3 Å². The van der Waals surface area contributed by atoms with Crippen molar-refractivity contribution in [2.75, 3.05) is 12.4 Å². The van der Waals surface area contributed by atoms with E-state index in [-0.39, 0.29) is 42.0 Å². The van der Waals surface area contributed by atoms with Gasteiger partial charge in [0, 0.05) is 18.2 Å². The standard InChI is InChI=1S/C20H15ClFN5O5S2/c1-24-14-8-13-11(6-12(14)22)18(28)27(20(30)25-13)15-5-3-2-4-9(15)10-7-16(33-17(10)21)34(31,32)26-19(23)29/h2-8,24H,1H3,(H,25,30)(H3,23,26,29). The highest BCUT2D eigenvalue weighted by atomic mass is 35.5. The minimum absolute atomic E-state index is 0.0206. The number of fused-ring (bicyclic) bond motifs is 1. The number of hydrogen-bond donors (Lipinski definition) is 4. The summed E-state index contributed by atoms with van der Waals surface area (Å²) in [4.78, 5) is 39.7. The molecular weight excluding hydrogens is 509 g/mol. The van der Waals surface area contributed by atoms with E-state index in [4.69, 9.17) is 17.3 Å². The van der Waals surface area contributed by atoms with E-state index in [1.165, 1.54) is 31.3 Å². The van der Waals surface area contributed by atoms with Crippen LogP contribution in [0.15, 0.2) is 56.3 Å². The van der Waals surface area contributed by atoms with Gasteiger partial charge >= 0.3 is 11.7 Å². The van der Waals surface area contributed by atoms with Crippen molar-refractivity contribution in [3.8, 4) is 16.8 Å². The molecule has 14 heteroatoms. The molecule has 0 aliphatic rings. The molecule has 0 aliphatic heterocycles. The first-order chi connectivity index (χ1) is 16.0. The Labute approximate surface area is 199 Å². The Bertz CT molecular complexity index is 1690. The summed E-state index contributed by atoms with van der Waals surface area (Å²) in [6, 6.07) is 8.39. The molecule has 2 aromatic heterocycles. The Kier molecular flexibility index (Phi) is 5.93. The molecule has 2 aromatic carbocycles. The summed E-state index contributed by atoms with van der Waals surface area (Å²) < 4.78 is 41.1. The SMILES string of the molecule is CNc1cc2[nH]c(=O)n(-c3ccccc3-c3cc(S(=O)(=O)NC(N)=O)sc3Cl)c(=O)c2cc1F. The summed E-state index contributed by atoms with van der Waals surface area (Å²) in [5.41, 5.74) is 4.09. The van der Waals surface area contributed by atoms with Gasteiger partial charge in [-0.15, -0.1) is 11.3 Å². The Morgan fingerprint density at radius 1 is 1.18 bits per heavy atom. The van der Waals surface area contributed by atoms with Crippen LogP contribution in [0.3, 0.4) is 0 Å². The molecule has 4 rings (SSSR count). The molecule has 4 aromatic rings. The lowest BCUT2D eigenvalue weighted by Crippen LogP contribution is -2.34. The topological polar surface area (TPSA) is 156 Å².